The Balaban J connectivity index is 1.85. The highest BCUT2D eigenvalue weighted by molar-refractivity contribution is 6.35. The first kappa shape index (κ1) is 13.1. The molecule has 3 rings (SSSR count). The third kappa shape index (κ3) is 2.52. The summed E-state index contributed by atoms with van der Waals surface area (Å²) in [6, 6.07) is 8.98. The normalized spacial score (nSPS) is 12.6. The Morgan fingerprint density at radius 3 is 2.85 bits per heavy atom. The molecule has 1 unspecified atom stereocenters. The van der Waals surface area contributed by atoms with E-state index in [2.05, 4.69) is 25.9 Å². The maximum atomic E-state index is 6.19. The molecule has 0 spiro atoms. The Labute approximate surface area is 124 Å². The fraction of sp³-hybridized carbons (Fsp3) is 0.167. The van der Waals surface area contributed by atoms with Gasteiger partial charge < -0.3 is 5.32 Å². The van der Waals surface area contributed by atoms with Gasteiger partial charge in [-0.05, 0) is 47.2 Å². The first-order chi connectivity index (χ1) is 9.63. The molecule has 20 heavy (non-hydrogen) atoms. The quantitative estimate of drug-likeness (QED) is 0.805. The summed E-state index contributed by atoms with van der Waals surface area (Å²) in [6.45, 7) is 1.99. The van der Waals surface area contributed by atoms with Crippen LogP contribution in [0.1, 0.15) is 18.5 Å². The van der Waals surface area contributed by atoms with E-state index in [1.165, 1.54) is 4.63 Å². The average molecular weight is 309 g/mol. The lowest BCUT2D eigenvalue weighted by Crippen LogP contribution is -2.10. The Bertz CT molecular complexity index is 757. The van der Waals surface area contributed by atoms with Crippen LogP contribution in [-0.4, -0.2) is 25.3 Å². The van der Waals surface area contributed by atoms with Gasteiger partial charge in [-0.1, -0.05) is 29.3 Å². The van der Waals surface area contributed by atoms with Crippen molar-refractivity contribution in [3.63, 3.8) is 0 Å². The van der Waals surface area contributed by atoms with E-state index in [1.807, 2.05) is 19.1 Å². The first-order valence-corrected chi connectivity index (χ1v) is 6.66. The minimum absolute atomic E-state index is 0.0267. The molecule has 1 aromatic carbocycles. The van der Waals surface area contributed by atoms with E-state index in [9.17, 15) is 0 Å². The zero-order chi connectivity index (χ0) is 14.1. The van der Waals surface area contributed by atoms with Crippen molar-refractivity contribution in [3.05, 3.63) is 45.9 Å². The van der Waals surface area contributed by atoms with Crippen molar-refractivity contribution in [1.82, 2.24) is 25.3 Å². The van der Waals surface area contributed by atoms with Gasteiger partial charge in [0.1, 0.15) is 5.82 Å². The molecular weight excluding hydrogens is 299 g/mol. The first-order valence-electron chi connectivity index (χ1n) is 5.90. The molecule has 0 bridgehead atoms. The van der Waals surface area contributed by atoms with Crippen LogP contribution in [0.4, 0.5) is 5.82 Å². The van der Waals surface area contributed by atoms with Crippen molar-refractivity contribution in [3.8, 4) is 0 Å². The van der Waals surface area contributed by atoms with E-state index in [4.69, 9.17) is 23.2 Å². The second-order valence-corrected chi connectivity index (χ2v) is 5.12. The summed E-state index contributed by atoms with van der Waals surface area (Å²) >= 11 is 12.1. The third-order valence-corrected chi connectivity index (χ3v) is 3.43. The summed E-state index contributed by atoms with van der Waals surface area (Å²) < 4.78 is 1.36. The van der Waals surface area contributed by atoms with Gasteiger partial charge in [-0.25, -0.2) is 0 Å². The molecule has 0 amide bonds. The van der Waals surface area contributed by atoms with Crippen LogP contribution in [0, 0.1) is 0 Å². The molecule has 3 aromatic rings. The lowest BCUT2D eigenvalue weighted by Gasteiger charge is -2.16. The van der Waals surface area contributed by atoms with Crippen molar-refractivity contribution >= 4 is 34.7 Å². The minimum atomic E-state index is -0.0267. The van der Waals surface area contributed by atoms with E-state index in [0.717, 1.165) is 5.56 Å². The highest BCUT2D eigenvalue weighted by Gasteiger charge is 2.11. The molecule has 0 aliphatic rings. The van der Waals surface area contributed by atoms with Crippen molar-refractivity contribution in [1.29, 1.82) is 0 Å². The fourth-order valence-corrected chi connectivity index (χ4v) is 2.45. The molecular formula is C12H10Cl2N6. The summed E-state index contributed by atoms with van der Waals surface area (Å²) in [7, 11) is 0. The summed E-state index contributed by atoms with van der Waals surface area (Å²) in [5.74, 6) is 0.656. The highest BCUT2D eigenvalue weighted by atomic mass is 35.5. The maximum Gasteiger partial charge on any atom is 0.200 e. The van der Waals surface area contributed by atoms with E-state index in [1.54, 1.807) is 18.2 Å². The zero-order valence-electron chi connectivity index (χ0n) is 10.5. The number of rotatable bonds is 3. The van der Waals surface area contributed by atoms with E-state index in [-0.39, 0.29) is 6.04 Å². The van der Waals surface area contributed by atoms with Gasteiger partial charge in [-0.3, -0.25) is 0 Å². The molecule has 1 atom stereocenters. The number of anilines is 1. The number of nitrogens with zero attached hydrogens (tertiary/aromatic N) is 5. The number of tetrazole rings is 1. The molecule has 2 aromatic heterocycles. The van der Waals surface area contributed by atoms with Crippen LogP contribution in [0.3, 0.4) is 0 Å². The molecule has 0 radical (unpaired) electrons. The predicted octanol–water partition coefficient (Wildman–Crippen LogP) is 3.00. The second kappa shape index (κ2) is 5.22. The van der Waals surface area contributed by atoms with Gasteiger partial charge in [-0.2, -0.15) is 0 Å². The third-order valence-electron chi connectivity index (χ3n) is 2.86. The van der Waals surface area contributed by atoms with Crippen LogP contribution in [0.2, 0.25) is 10.0 Å². The number of nitrogens with one attached hydrogen (secondary N) is 1. The molecule has 0 fully saturated rings. The molecule has 0 aliphatic heterocycles. The van der Waals surface area contributed by atoms with Crippen molar-refractivity contribution in [2.24, 2.45) is 0 Å². The molecule has 6 nitrogen and oxygen atoms in total. The number of benzene rings is 1. The summed E-state index contributed by atoms with van der Waals surface area (Å²) in [4.78, 5) is 0. The zero-order valence-corrected chi connectivity index (χ0v) is 12.0. The second-order valence-electron chi connectivity index (χ2n) is 4.28. The molecule has 102 valence electrons. The van der Waals surface area contributed by atoms with Gasteiger partial charge in [-0.15, -0.1) is 14.8 Å². The molecule has 1 N–H and O–H groups in total. The van der Waals surface area contributed by atoms with Gasteiger partial charge in [0.15, 0.2) is 5.65 Å². The number of hydrogen-bond donors (Lipinski definition) is 1. The lowest BCUT2D eigenvalue weighted by atomic mass is 10.1. The summed E-state index contributed by atoms with van der Waals surface area (Å²) in [6.07, 6.45) is 0. The van der Waals surface area contributed by atoms with Gasteiger partial charge >= 0.3 is 0 Å². The Kier molecular flexibility index (Phi) is 3.42. The number of halogens is 2. The maximum absolute atomic E-state index is 6.19. The number of aromatic nitrogens is 5. The Morgan fingerprint density at radius 2 is 2.05 bits per heavy atom. The molecule has 2 heterocycles. The monoisotopic (exact) mass is 308 g/mol. The molecule has 0 aliphatic carbocycles. The standard InChI is InChI=1S/C12H10Cl2N6/c1-7(9-3-2-8(13)6-10(9)14)15-11-4-5-12-16-18-19-20(12)17-11/h2-7H,1H3,(H,15,17). The van der Waals surface area contributed by atoms with E-state index in [0.29, 0.717) is 21.5 Å². The highest BCUT2D eigenvalue weighted by Crippen LogP contribution is 2.27. The minimum Gasteiger partial charge on any atom is -0.362 e. The van der Waals surface area contributed by atoms with Gasteiger partial charge in [0.2, 0.25) is 0 Å². The van der Waals surface area contributed by atoms with Gasteiger partial charge in [0.05, 0.1) is 6.04 Å². The molecule has 0 saturated heterocycles. The van der Waals surface area contributed by atoms with Crippen molar-refractivity contribution < 1.29 is 0 Å². The molecule has 8 heteroatoms. The van der Waals surface area contributed by atoms with Crippen LogP contribution < -0.4 is 5.32 Å². The Morgan fingerprint density at radius 1 is 1.20 bits per heavy atom. The van der Waals surface area contributed by atoms with Crippen molar-refractivity contribution in [2.75, 3.05) is 5.32 Å². The van der Waals surface area contributed by atoms with E-state index >= 15 is 0 Å². The average Bonchev–Trinajstić information content (AvgIpc) is 2.85. The predicted molar refractivity (Wildman–Crippen MR) is 77.1 cm³/mol. The number of fused-ring (bicyclic) bond motifs is 1. The van der Waals surface area contributed by atoms with Crippen LogP contribution in [0.5, 0.6) is 0 Å². The molecule has 0 saturated carbocycles. The van der Waals surface area contributed by atoms with Crippen LogP contribution in [0.15, 0.2) is 30.3 Å². The van der Waals surface area contributed by atoms with E-state index < -0.39 is 0 Å². The van der Waals surface area contributed by atoms with Gasteiger partial charge in [0, 0.05) is 10.0 Å². The SMILES string of the molecule is CC(Nc1ccc2nnnn2n1)c1ccc(Cl)cc1Cl. The fourth-order valence-electron chi connectivity index (χ4n) is 1.88. The largest absolute Gasteiger partial charge is 0.362 e. The van der Waals surface area contributed by atoms with Crippen LogP contribution >= 0.6 is 23.2 Å². The summed E-state index contributed by atoms with van der Waals surface area (Å²) in [5.41, 5.74) is 1.53. The smallest absolute Gasteiger partial charge is 0.200 e. The topological polar surface area (TPSA) is 68.0 Å². The number of hydrogen-bond acceptors (Lipinski definition) is 5. The van der Waals surface area contributed by atoms with Crippen molar-refractivity contribution in [2.45, 2.75) is 13.0 Å². The lowest BCUT2D eigenvalue weighted by molar-refractivity contribution is 0.728. The van der Waals surface area contributed by atoms with Crippen LogP contribution in [0.25, 0.3) is 5.65 Å². The Hall–Kier alpha value is -1.92. The van der Waals surface area contributed by atoms with Crippen LogP contribution in [-0.2, 0) is 0 Å². The summed E-state index contributed by atoms with van der Waals surface area (Å²) in [5, 5.41) is 19.8. The van der Waals surface area contributed by atoms with Gasteiger partial charge in [0.25, 0.3) is 0 Å².